The van der Waals surface area contributed by atoms with E-state index in [1.807, 2.05) is 6.08 Å². The van der Waals surface area contributed by atoms with E-state index in [9.17, 15) is 10.2 Å². The summed E-state index contributed by atoms with van der Waals surface area (Å²) in [6, 6.07) is 0. The molecular weight excluding hydrogens is 585 g/mol. The minimum atomic E-state index is -0.822. The predicted octanol–water partition coefficient (Wildman–Crippen LogP) is 12.4. The van der Waals surface area contributed by atoms with Gasteiger partial charge in [-0.15, -0.1) is 12.8 Å². The summed E-state index contributed by atoms with van der Waals surface area (Å²) < 4.78 is 0. The Hall–Kier alpha value is -2.62. The number of hydrogen-bond acceptors (Lipinski definition) is 2. The van der Waals surface area contributed by atoms with Crippen molar-refractivity contribution in [3.8, 4) is 48.4 Å². The van der Waals surface area contributed by atoms with Gasteiger partial charge >= 0.3 is 0 Å². The number of terminal acetylenes is 2. The summed E-state index contributed by atoms with van der Waals surface area (Å²) in [6.07, 6.45) is 58.7. The third kappa shape index (κ3) is 39.6. The van der Waals surface area contributed by atoms with Crippen LogP contribution in [-0.4, -0.2) is 22.4 Å². The molecular formula is C46H72O2. The summed E-state index contributed by atoms with van der Waals surface area (Å²) in [7, 11) is 0. The van der Waals surface area contributed by atoms with Gasteiger partial charge in [0.1, 0.15) is 6.10 Å². The van der Waals surface area contributed by atoms with E-state index in [4.69, 9.17) is 12.8 Å². The first-order valence-corrected chi connectivity index (χ1v) is 19.9. The third-order valence-electron chi connectivity index (χ3n) is 8.65. The van der Waals surface area contributed by atoms with Crippen LogP contribution in [0, 0.1) is 48.4 Å². The van der Waals surface area contributed by atoms with E-state index in [2.05, 4.69) is 65.9 Å². The van der Waals surface area contributed by atoms with Gasteiger partial charge in [-0.3, -0.25) is 0 Å². The molecule has 0 aliphatic rings. The monoisotopic (exact) mass is 657 g/mol. The molecule has 0 aliphatic heterocycles. The molecule has 2 nitrogen and oxygen atoms in total. The fraction of sp³-hybridized carbons (Fsp3) is 0.696. The van der Waals surface area contributed by atoms with Crippen LogP contribution in [0.5, 0.6) is 0 Å². The van der Waals surface area contributed by atoms with Crippen molar-refractivity contribution >= 4 is 0 Å². The van der Waals surface area contributed by atoms with Crippen molar-refractivity contribution in [1.29, 1.82) is 0 Å². The van der Waals surface area contributed by atoms with Crippen LogP contribution in [0.1, 0.15) is 193 Å². The molecule has 268 valence electrons. The summed E-state index contributed by atoms with van der Waals surface area (Å²) in [4.78, 5) is 0. The maximum Gasteiger partial charge on any atom is 0.176 e. The standard InChI is InChI=1S/C46H72O2/c1-3-5-6-7-8-9-10-11-12-13-14-15-16-17-18-19-20-21-22-23-24-25-26-27-28-29-30-34-37-40-43-46(48)44-41-38-35-32-31-33-36-39-42-45(47)4-2/h1-2,5-6,21-22,27-28,45-48H,7-20,23-26,29-39,42H2/t45-,46+/m1/s1. The quantitative estimate of drug-likeness (QED) is 0.0430. The number of aliphatic hydroxyl groups is 2. The molecule has 0 rings (SSSR count). The highest BCUT2D eigenvalue weighted by molar-refractivity contribution is 5.19. The molecule has 0 spiro atoms. The SMILES string of the molecule is C#CC=CCCCCCCCCCCCCCCC=CCCCCC=CCCCCC#C[C@H](O)C#CCCCCCCCC[C@H](O)C#C. The zero-order valence-electron chi connectivity index (χ0n) is 30.9. The van der Waals surface area contributed by atoms with Crippen molar-refractivity contribution in [3.05, 3.63) is 36.5 Å². The molecule has 0 aromatic carbocycles. The van der Waals surface area contributed by atoms with Crippen LogP contribution < -0.4 is 0 Å². The van der Waals surface area contributed by atoms with Gasteiger partial charge in [0.2, 0.25) is 0 Å². The smallest absolute Gasteiger partial charge is 0.176 e. The highest BCUT2D eigenvalue weighted by atomic mass is 16.3. The third-order valence-corrected chi connectivity index (χ3v) is 8.65. The molecule has 0 aliphatic carbocycles. The molecule has 0 bridgehead atoms. The van der Waals surface area contributed by atoms with Gasteiger partial charge in [-0.25, -0.2) is 0 Å². The van der Waals surface area contributed by atoms with Crippen LogP contribution >= 0.6 is 0 Å². The summed E-state index contributed by atoms with van der Waals surface area (Å²) >= 11 is 0. The molecule has 0 fully saturated rings. The van der Waals surface area contributed by atoms with Crippen molar-refractivity contribution < 1.29 is 10.2 Å². The van der Waals surface area contributed by atoms with E-state index in [0.717, 1.165) is 64.2 Å². The van der Waals surface area contributed by atoms with Crippen molar-refractivity contribution in [2.24, 2.45) is 0 Å². The van der Waals surface area contributed by atoms with Gasteiger partial charge in [0.15, 0.2) is 6.10 Å². The van der Waals surface area contributed by atoms with Gasteiger partial charge in [0.25, 0.3) is 0 Å². The Bertz CT molecular complexity index is 980. The molecule has 0 unspecified atom stereocenters. The molecule has 0 amide bonds. The minimum absolute atomic E-state index is 0.587. The van der Waals surface area contributed by atoms with Crippen molar-refractivity contribution in [2.45, 2.75) is 205 Å². The fourth-order valence-corrected chi connectivity index (χ4v) is 5.63. The van der Waals surface area contributed by atoms with Gasteiger partial charge in [0.05, 0.1) is 0 Å². The Morgan fingerprint density at radius 2 is 0.750 bits per heavy atom. The van der Waals surface area contributed by atoms with Crippen molar-refractivity contribution in [3.63, 3.8) is 0 Å². The minimum Gasteiger partial charge on any atom is -0.380 e. The second-order valence-corrected chi connectivity index (χ2v) is 13.2. The van der Waals surface area contributed by atoms with E-state index in [1.54, 1.807) is 0 Å². The first-order valence-electron chi connectivity index (χ1n) is 19.9. The maximum atomic E-state index is 9.92. The highest BCUT2D eigenvalue weighted by Gasteiger charge is 1.98. The van der Waals surface area contributed by atoms with Gasteiger partial charge in [-0.1, -0.05) is 156 Å². The molecule has 0 saturated carbocycles. The molecule has 0 heterocycles. The Morgan fingerprint density at radius 3 is 1.19 bits per heavy atom. The zero-order valence-corrected chi connectivity index (χ0v) is 30.9. The number of hydrogen-bond donors (Lipinski definition) is 2. The predicted molar refractivity (Wildman–Crippen MR) is 211 cm³/mol. The Kier molecular flexibility index (Phi) is 38.3. The molecule has 0 radical (unpaired) electrons. The molecule has 0 saturated heterocycles. The van der Waals surface area contributed by atoms with Crippen molar-refractivity contribution in [1.82, 2.24) is 0 Å². The Labute approximate surface area is 299 Å². The number of unbranched alkanes of at least 4 members (excludes halogenated alkanes) is 25. The molecule has 48 heavy (non-hydrogen) atoms. The normalized spacial score (nSPS) is 12.4. The summed E-state index contributed by atoms with van der Waals surface area (Å²) in [5, 5.41) is 19.2. The number of allylic oxidation sites excluding steroid dienone is 6. The molecule has 2 N–H and O–H groups in total. The van der Waals surface area contributed by atoms with Crippen molar-refractivity contribution in [2.75, 3.05) is 0 Å². The number of aliphatic hydroxyl groups excluding tert-OH is 2. The zero-order chi connectivity index (χ0) is 34.9. The molecule has 2 atom stereocenters. The Balaban J connectivity index is 3.39. The van der Waals surface area contributed by atoms with Crippen LogP contribution in [0.25, 0.3) is 0 Å². The lowest BCUT2D eigenvalue weighted by molar-refractivity contribution is 0.217. The molecule has 0 aromatic rings. The topological polar surface area (TPSA) is 40.5 Å². The van der Waals surface area contributed by atoms with E-state index in [0.29, 0.717) is 6.42 Å². The van der Waals surface area contributed by atoms with Crippen LogP contribution in [0.15, 0.2) is 36.5 Å². The van der Waals surface area contributed by atoms with E-state index in [-0.39, 0.29) is 0 Å². The number of rotatable bonds is 32. The second kappa shape index (κ2) is 40.6. The van der Waals surface area contributed by atoms with E-state index < -0.39 is 12.2 Å². The highest BCUT2D eigenvalue weighted by Crippen LogP contribution is 2.14. The lowest BCUT2D eigenvalue weighted by Crippen LogP contribution is -2.01. The van der Waals surface area contributed by atoms with Crippen LogP contribution in [-0.2, 0) is 0 Å². The van der Waals surface area contributed by atoms with Gasteiger partial charge in [0, 0.05) is 12.8 Å². The average Bonchev–Trinajstić information content (AvgIpc) is 3.09. The van der Waals surface area contributed by atoms with E-state index >= 15 is 0 Å². The average molecular weight is 657 g/mol. The van der Waals surface area contributed by atoms with Gasteiger partial charge in [-0.05, 0) is 96.0 Å². The van der Waals surface area contributed by atoms with Gasteiger partial charge in [-0.2, -0.15) is 0 Å². The van der Waals surface area contributed by atoms with Gasteiger partial charge < -0.3 is 10.2 Å². The largest absolute Gasteiger partial charge is 0.380 e. The summed E-state index contributed by atoms with van der Waals surface area (Å²) in [5.41, 5.74) is 0. The second-order valence-electron chi connectivity index (χ2n) is 13.2. The first kappa shape index (κ1) is 45.4. The lowest BCUT2D eigenvalue weighted by atomic mass is 10.0. The Morgan fingerprint density at radius 1 is 0.417 bits per heavy atom. The fourth-order valence-electron chi connectivity index (χ4n) is 5.63. The molecule has 2 heteroatoms. The molecule has 0 aromatic heterocycles. The van der Waals surface area contributed by atoms with Crippen LogP contribution in [0.4, 0.5) is 0 Å². The lowest BCUT2D eigenvalue weighted by Gasteiger charge is -2.02. The first-order chi connectivity index (χ1) is 23.7. The maximum absolute atomic E-state index is 9.92. The summed E-state index contributed by atoms with van der Waals surface area (Å²) in [6.45, 7) is 0. The van der Waals surface area contributed by atoms with Crippen LogP contribution in [0.3, 0.4) is 0 Å². The summed E-state index contributed by atoms with van der Waals surface area (Å²) in [5.74, 6) is 16.8. The van der Waals surface area contributed by atoms with Crippen LogP contribution in [0.2, 0.25) is 0 Å². The van der Waals surface area contributed by atoms with E-state index in [1.165, 1.54) is 122 Å².